The molecule has 26 heavy (non-hydrogen) atoms. The summed E-state index contributed by atoms with van der Waals surface area (Å²) in [6, 6.07) is 10.3. The number of nitrogens with zero attached hydrogens (tertiary/aromatic N) is 1. The maximum Gasteiger partial charge on any atom is 0.303 e. The van der Waals surface area contributed by atoms with E-state index in [1.54, 1.807) is 6.92 Å². The summed E-state index contributed by atoms with van der Waals surface area (Å²) in [5.74, 6) is -0.877. The van der Waals surface area contributed by atoms with Gasteiger partial charge in [-0.25, -0.2) is 0 Å². The van der Waals surface area contributed by atoms with Crippen molar-refractivity contribution >= 4 is 17.6 Å². The molecule has 0 aliphatic carbocycles. The molecule has 138 valence electrons. The van der Waals surface area contributed by atoms with Crippen LogP contribution in [0.3, 0.4) is 0 Å². The molecule has 3 rings (SSSR count). The molecule has 2 unspecified atom stereocenters. The summed E-state index contributed by atoms with van der Waals surface area (Å²) in [7, 11) is 0. The second kappa shape index (κ2) is 7.64. The molecule has 1 aliphatic rings. The minimum atomic E-state index is -0.869. The van der Waals surface area contributed by atoms with E-state index in [-0.39, 0.29) is 18.4 Å². The molecule has 1 amide bonds. The number of fused-ring (bicyclic) bond motifs is 1. The number of carboxylic acids is 1. The number of anilines is 1. The van der Waals surface area contributed by atoms with E-state index < -0.39 is 5.97 Å². The normalized spacial score (nSPS) is 17.0. The first-order chi connectivity index (χ1) is 12.5. The van der Waals surface area contributed by atoms with Crippen LogP contribution in [0.2, 0.25) is 0 Å². The molecule has 0 radical (unpaired) electrons. The summed E-state index contributed by atoms with van der Waals surface area (Å²) < 4.78 is 5.43. The highest BCUT2D eigenvalue weighted by Gasteiger charge is 2.27. The van der Waals surface area contributed by atoms with Gasteiger partial charge in [0.1, 0.15) is 0 Å². The van der Waals surface area contributed by atoms with Gasteiger partial charge in [-0.15, -0.1) is 0 Å². The number of carbonyl (C=O) groups excluding carboxylic acids is 1. The van der Waals surface area contributed by atoms with E-state index in [4.69, 9.17) is 9.52 Å². The number of rotatable bonds is 7. The minimum absolute atomic E-state index is 0.0224. The standard InChI is InChI=1S/C20H24N2O4/c1-13(7-8-18(23)24)21-20(25)19-16(9-10-26-19)12-22-14(2)11-15-5-3-4-6-17(15)22/h3-6,9-10,13-14H,7-8,11-12H2,1-2H3,(H,21,25)(H,23,24). The number of carbonyl (C=O) groups is 2. The van der Waals surface area contributed by atoms with Crippen molar-refractivity contribution in [2.24, 2.45) is 0 Å². The predicted octanol–water partition coefficient (Wildman–Crippen LogP) is 3.21. The van der Waals surface area contributed by atoms with E-state index in [0.29, 0.717) is 24.8 Å². The number of hydrogen-bond acceptors (Lipinski definition) is 4. The summed E-state index contributed by atoms with van der Waals surface area (Å²) in [6.07, 6.45) is 2.92. The van der Waals surface area contributed by atoms with Gasteiger partial charge >= 0.3 is 5.97 Å². The quantitative estimate of drug-likeness (QED) is 0.796. The largest absolute Gasteiger partial charge is 0.481 e. The fraction of sp³-hybridized carbons (Fsp3) is 0.400. The van der Waals surface area contributed by atoms with Crippen LogP contribution in [0.25, 0.3) is 0 Å². The van der Waals surface area contributed by atoms with Crippen LogP contribution in [0.4, 0.5) is 5.69 Å². The Bertz CT molecular complexity index is 799. The monoisotopic (exact) mass is 356 g/mol. The fourth-order valence-corrected chi connectivity index (χ4v) is 3.41. The molecule has 0 saturated heterocycles. The smallest absolute Gasteiger partial charge is 0.303 e. The number of aliphatic carboxylic acids is 1. The van der Waals surface area contributed by atoms with Crippen LogP contribution >= 0.6 is 0 Å². The molecule has 1 aromatic heterocycles. The topological polar surface area (TPSA) is 82.8 Å². The van der Waals surface area contributed by atoms with Crippen LogP contribution < -0.4 is 10.2 Å². The molecular formula is C20H24N2O4. The van der Waals surface area contributed by atoms with Crippen molar-refractivity contribution in [1.29, 1.82) is 0 Å². The highest BCUT2D eigenvalue weighted by molar-refractivity contribution is 5.93. The van der Waals surface area contributed by atoms with E-state index in [9.17, 15) is 9.59 Å². The van der Waals surface area contributed by atoms with E-state index in [0.717, 1.165) is 12.0 Å². The molecule has 2 atom stereocenters. The van der Waals surface area contributed by atoms with Gasteiger partial charge in [0.15, 0.2) is 5.76 Å². The Balaban J connectivity index is 1.69. The highest BCUT2D eigenvalue weighted by atomic mass is 16.4. The Kier molecular flexibility index (Phi) is 5.30. The van der Waals surface area contributed by atoms with Gasteiger partial charge < -0.3 is 19.7 Å². The van der Waals surface area contributed by atoms with Crippen LogP contribution in [0, 0.1) is 0 Å². The Hall–Kier alpha value is -2.76. The number of para-hydroxylation sites is 1. The molecule has 0 spiro atoms. The number of benzene rings is 1. The third-order valence-corrected chi connectivity index (χ3v) is 4.81. The Morgan fingerprint density at radius 2 is 2.12 bits per heavy atom. The molecule has 6 heteroatoms. The average molecular weight is 356 g/mol. The van der Waals surface area contributed by atoms with Crippen LogP contribution in [0.1, 0.15) is 48.4 Å². The van der Waals surface area contributed by atoms with Gasteiger partial charge in [-0.3, -0.25) is 9.59 Å². The molecule has 2 aromatic rings. The lowest BCUT2D eigenvalue weighted by atomic mass is 10.1. The van der Waals surface area contributed by atoms with Crippen LogP contribution in [-0.2, 0) is 17.8 Å². The lowest BCUT2D eigenvalue weighted by Crippen LogP contribution is -2.34. The van der Waals surface area contributed by atoms with Crippen molar-refractivity contribution < 1.29 is 19.1 Å². The van der Waals surface area contributed by atoms with Gasteiger partial charge in [0, 0.05) is 36.3 Å². The molecule has 1 aromatic carbocycles. The number of carboxylic acid groups (broad SMARTS) is 1. The van der Waals surface area contributed by atoms with E-state index >= 15 is 0 Å². The summed E-state index contributed by atoms with van der Waals surface area (Å²) in [6.45, 7) is 4.57. The van der Waals surface area contributed by atoms with Crippen molar-refractivity contribution in [3.8, 4) is 0 Å². The molecular weight excluding hydrogens is 332 g/mol. The zero-order valence-electron chi connectivity index (χ0n) is 15.1. The maximum absolute atomic E-state index is 12.5. The third-order valence-electron chi connectivity index (χ3n) is 4.81. The second-order valence-electron chi connectivity index (χ2n) is 6.89. The van der Waals surface area contributed by atoms with Crippen molar-refractivity contribution in [1.82, 2.24) is 5.32 Å². The zero-order valence-corrected chi connectivity index (χ0v) is 15.1. The SMILES string of the molecule is CC(CCC(=O)O)NC(=O)c1occc1CN1c2ccccc2CC1C. The van der Waals surface area contributed by atoms with E-state index in [2.05, 4.69) is 29.3 Å². The van der Waals surface area contributed by atoms with Crippen LogP contribution in [0.15, 0.2) is 41.0 Å². The van der Waals surface area contributed by atoms with Gasteiger partial charge in [0.2, 0.25) is 0 Å². The highest BCUT2D eigenvalue weighted by Crippen LogP contribution is 2.33. The van der Waals surface area contributed by atoms with Gasteiger partial charge in [-0.05, 0) is 44.4 Å². The number of nitrogens with one attached hydrogen (secondary N) is 1. The van der Waals surface area contributed by atoms with Crippen molar-refractivity contribution in [2.45, 2.75) is 51.7 Å². The van der Waals surface area contributed by atoms with Gasteiger partial charge in [-0.2, -0.15) is 0 Å². The number of hydrogen-bond donors (Lipinski definition) is 2. The molecule has 6 nitrogen and oxygen atoms in total. The number of furan rings is 1. The third kappa shape index (κ3) is 3.90. The van der Waals surface area contributed by atoms with E-state index in [1.165, 1.54) is 17.5 Å². The van der Waals surface area contributed by atoms with Crippen molar-refractivity contribution in [2.75, 3.05) is 4.90 Å². The molecule has 1 aliphatic heterocycles. The van der Waals surface area contributed by atoms with Crippen molar-refractivity contribution in [3.63, 3.8) is 0 Å². The summed E-state index contributed by atoms with van der Waals surface area (Å²) in [5.41, 5.74) is 3.34. The molecule has 2 heterocycles. The molecule has 0 bridgehead atoms. The average Bonchev–Trinajstić information content (AvgIpc) is 3.18. The fourth-order valence-electron chi connectivity index (χ4n) is 3.41. The summed E-state index contributed by atoms with van der Waals surface area (Å²) in [4.78, 5) is 25.5. The lowest BCUT2D eigenvalue weighted by molar-refractivity contribution is -0.137. The molecule has 0 saturated carbocycles. The number of amides is 1. The Morgan fingerprint density at radius 3 is 2.88 bits per heavy atom. The maximum atomic E-state index is 12.5. The second-order valence-corrected chi connectivity index (χ2v) is 6.89. The molecule has 0 fully saturated rings. The first kappa shape index (κ1) is 18.0. The van der Waals surface area contributed by atoms with Crippen LogP contribution in [0.5, 0.6) is 0 Å². The summed E-state index contributed by atoms with van der Waals surface area (Å²) >= 11 is 0. The first-order valence-electron chi connectivity index (χ1n) is 8.89. The zero-order chi connectivity index (χ0) is 18.7. The predicted molar refractivity (Wildman–Crippen MR) is 98.3 cm³/mol. The summed E-state index contributed by atoms with van der Waals surface area (Å²) in [5, 5.41) is 11.6. The van der Waals surface area contributed by atoms with Crippen LogP contribution in [-0.4, -0.2) is 29.1 Å². The lowest BCUT2D eigenvalue weighted by Gasteiger charge is -2.24. The minimum Gasteiger partial charge on any atom is -0.481 e. The van der Waals surface area contributed by atoms with Gasteiger partial charge in [-0.1, -0.05) is 18.2 Å². The molecule has 2 N–H and O–H groups in total. The van der Waals surface area contributed by atoms with Gasteiger partial charge in [0.05, 0.1) is 6.26 Å². The first-order valence-corrected chi connectivity index (χ1v) is 8.89. The van der Waals surface area contributed by atoms with Gasteiger partial charge in [0.25, 0.3) is 5.91 Å². The van der Waals surface area contributed by atoms with Crippen molar-refractivity contribution in [3.05, 3.63) is 53.5 Å². The van der Waals surface area contributed by atoms with E-state index in [1.807, 2.05) is 18.2 Å². The Morgan fingerprint density at radius 1 is 1.35 bits per heavy atom. The Labute approximate surface area is 152 Å².